The molecule has 0 saturated heterocycles. The molecular formula is C15H18O. The van der Waals surface area contributed by atoms with Crippen LogP contribution < -0.4 is 0 Å². The molecule has 1 nitrogen and oxygen atoms in total. The van der Waals surface area contributed by atoms with Crippen molar-refractivity contribution in [1.82, 2.24) is 0 Å². The van der Waals surface area contributed by atoms with E-state index in [2.05, 4.69) is 38.1 Å². The standard InChI is InChI=1S/C15H18O/c1-9(2)12-8-13-10-6-4-5-7-11(10)14(12)15(13,3)16/h4-7,13-14,16H,8H2,1-3H3/t13-,14-,15+/m0/s1. The molecule has 1 aromatic carbocycles. The minimum absolute atomic E-state index is 0.235. The average Bonchev–Trinajstić information content (AvgIpc) is 2.63. The number of hydrogen-bond acceptors (Lipinski definition) is 1. The summed E-state index contributed by atoms with van der Waals surface area (Å²) in [6.07, 6.45) is 1.04. The molecule has 1 fully saturated rings. The average molecular weight is 214 g/mol. The van der Waals surface area contributed by atoms with Crippen LogP contribution in [0.15, 0.2) is 35.4 Å². The van der Waals surface area contributed by atoms with Crippen LogP contribution in [0.1, 0.15) is 50.2 Å². The predicted molar refractivity (Wildman–Crippen MR) is 65.5 cm³/mol. The summed E-state index contributed by atoms with van der Waals surface area (Å²) in [6, 6.07) is 8.52. The Balaban J connectivity index is 2.25. The Morgan fingerprint density at radius 2 is 1.88 bits per heavy atom. The van der Waals surface area contributed by atoms with Crippen molar-refractivity contribution in [3.05, 3.63) is 46.5 Å². The van der Waals surface area contributed by atoms with Crippen LogP contribution in [0.3, 0.4) is 0 Å². The fourth-order valence-electron chi connectivity index (χ4n) is 3.61. The zero-order valence-corrected chi connectivity index (χ0v) is 10.1. The van der Waals surface area contributed by atoms with E-state index in [1.165, 1.54) is 22.3 Å². The number of allylic oxidation sites excluding steroid dienone is 1. The lowest BCUT2D eigenvalue weighted by atomic mass is 9.85. The Kier molecular flexibility index (Phi) is 1.88. The highest BCUT2D eigenvalue weighted by molar-refractivity contribution is 5.54. The van der Waals surface area contributed by atoms with Gasteiger partial charge in [0.2, 0.25) is 0 Å². The molecule has 0 aliphatic heterocycles. The highest BCUT2D eigenvalue weighted by Gasteiger charge is 2.55. The van der Waals surface area contributed by atoms with Crippen molar-refractivity contribution in [2.24, 2.45) is 0 Å². The topological polar surface area (TPSA) is 20.2 Å². The highest BCUT2D eigenvalue weighted by Crippen LogP contribution is 2.62. The van der Waals surface area contributed by atoms with Crippen molar-refractivity contribution >= 4 is 0 Å². The first-order valence-electron chi connectivity index (χ1n) is 6.01. The van der Waals surface area contributed by atoms with Crippen molar-refractivity contribution < 1.29 is 5.11 Å². The third-order valence-electron chi connectivity index (χ3n) is 4.39. The molecule has 1 saturated carbocycles. The van der Waals surface area contributed by atoms with Crippen LogP contribution in [0.4, 0.5) is 0 Å². The van der Waals surface area contributed by atoms with Crippen LogP contribution in [0.25, 0.3) is 0 Å². The van der Waals surface area contributed by atoms with Crippen LogP contribution in [0.2, 0.25) is 0 Å². The van der Waals surface area contributed by atoms with E-state index in [1.54, 1.807) is 0 Å². The summed E-state index contributed by atoms with van der Waals surface area (Å²) >= 11 is 0. The summed E-state index contributed by atoms with van der Waals surface area (Å²) < 4.78 is 0. The lowest BCUT2D eigenvalue weighted by Crippen LogP contribution is -2.27. The minimum Gasteiger partial charge on any atom is -0.389 e. The first kappa shape index (κ1) is 10.1. The molecule has 2 aliphatic rings. The third-order valence-corrected chi connectivity index (χ3v) is 4.39. The lowest BCUT2D eigenvalue weighted by Gasteiger charge is -2.23. The monoisotopic (exact) mass is 214 g/mol. The van der Waals surface area contributed by atoms with Crippen molar-refractivity contribution in [2.75, 3.05) is 0 Å². The van der Waals surface area contributed by atoms with E-state index in [1.807, 2.05) is 6.92 Å². The van der Waals surface area contributed by atoms with Gasteiger partial charge in [0, 0.05) is 11.8 Å². The molecule has 1 N–H and O–H groups in total. The van der Waals surface area contributed by atoms with E-state index in [4.69, 9.17) is 0 Å². The smallest absolute Gasteiger partial charge is 0.0796 e. The van der Waals surface area contributed by atoms with Crippen molar-refractivity contribution in [2.45, 2.75) is 44.6 Å². The van der Waals surface area contributed by atoms with E-state index >= 15 is 0 Å². The highest BCUT2D eigenvalue weighted by atomic mass is 16.3. The van der Waals surface area contributed by atoms with Gasteiger partial charge in [0.1, 0.15) is 0 Å². The molecule has 3 atom stereocenters. The van der Waals surface area contributed by atoms with Gasteiger partial charge in [-0.25, -0.2) is 0 Å². The zero-order chi connectivity index (χ0) is 11.5. The number of aliphatic hydroxyl groups is 1. The van der Waals surface area contributed by atoms with Gasteiger partial charge in [0.15, 0.2) is 0 Å². The maximum Gasteiger partial charge on any atom is 0.0796 e. The van der Waals surface area contributed by atoms with Gasteiger partial charge in [-0.3, -0.25) is 0 Å². The second kappa shape index (κ2) is 2.98. The lowest BCUT2D eigenvalue weighted by molar-refractivity contribution is 0.0483. The molecule has 0 radical (unpaired) electrons. The Labute approximate surface area is 96.8 Å². The van der Waals surface area contributed by atoms with Crippen LogP contribution in [-0.2, 0) is 0 Å². The maximum atomic E-state index is 10.7. The molecule has 16 heavy (non-hydrogen) atoms. The first-order valence-corrected chi connectivity index (χ1v) is 6.01. The van der Waals surface area contributed by atoms with Gasteiger partial charge < -0.3 is 5.11 Å². The quantitative estimate of drug-likeness (QED) is 0.657. The molecule has 0 unspecified atom stereocenters. The number of rotatable bonds is 0. The normalized spacial score (nSPS) is 35.4. The largest absolute Gasteiger partial charge is 0.389 e. The van der Waals surface area contributed by atoms with Crippen LogP contribution in [-0.4, -0.2) is 10.7 Å². The maximum absolute atomic E-state index is 10.7. The van der Waals surface area contributed by atoms with Crippen molar-refractivity contribution in [1.29, 1.82) is 0 Å². The van der Waals surface area contributed by atoms with Crippen LogP contribution in [0, 0.1) is 0 Å². The van der Waals surface area contributed by atoms with Crippen molar-refractivity contribution in [3.8, 4) is 0 Å². The summed E-state index contributed by atoms with van der Waals surface area (Å²) in [5.41, 5.74) is 4.97. The summed E-state index contributed by atoms with van der Waals surface area (Å²) in [6.45, 7) is 6.32. The Morgan fingerprint density at radius 3 is 2.50 bits per heavy atom. The van der Waals surface area contributed by atoms with Gasteiger partial charge in [-0.1, -0.05) is 35.4 Å². The second-order valence-corrected chi connectivity index (χ2v) is 5.57. The summed E-state index contributed by atoms with van der Waals surface area (Å²) in [5, 5.41) is 10.7. The Morgan fingerprint density at radius 1 is 1.25 bits per heavy atom. The van der Waals surface area contributed by atoms with Gasteiger partial charge in [0.25, 0.3) is 0 Å². The van der Waals surface area contributed by atoms with E-state index in [0.717, 1.165) is 6.42 Å². The Bertz CT molecular complexity index is 478. The van der Waals surface area contributed by atoms with Crippen LogP contribution >= 0.6 is 0 Å². The zero-order valence-electron chi connectivity index (χ0n) is 10.1. The van der Waals surface area contributed by atoms with Gasteiger partial charge in [-0.05, 0) is 38.3 Å². The number of fused-ring (bicyclic) bond motifs is 5. The van der Waals surface area contributed by atoms with E-state index < -0.39 is 5.60 Å². The molecule has 84 valence electrons. The molecule has 0 aromatic heterocycles. The fraction of sp³-hybridized carbons (Fsp3) is 0.467. The minimum atomic E-state index is -0.573. The van der Waals surface area contributed by atoms with Gasteiger partial charge in [-0.15, -0.1) is 0 Å². The van der Waals surface area contributed by atoms with Gasteiger partial charge >= 0.3 is 0 Å². The molecule has 1 heteroatoms. The predicted octanol–water partition coefficient (Wildman–Crippen LogP) is 3.36. The van der Waals surface area contributed by atoms with Crippen molar-refractivity contribution in [3.63, 3.8) is 0 Å². The Hall–Kier alpha value is -1.08. The molecule has 2 bridgehead atoms. The van der Waals surface area contributed by atoms with E-state index in [9.17, 15) is 5.11 Å². The number of benzene rings is 1. The van der Waals surface area contributed by atoms with Crippen LogP contribution in [0.5, 0.6) is 0 Å². The summed E-state index contributed by atoms with van der Waals surface area (Å²) in [7, 11) is 0. The molecule has 0 heterocycles. The molecular weight excluding hydrogens is 196 g/mol. The van der Waals surface area contributed by atoms with Gasteiger partial charge in [0.05, 0.1) is 5.60 Å². The molecule has 0 spiro atoms. The fourth-order valence-corrected chi connectivity index (χ4v) is 3.61. The first-order chi connectivity index (χ1) is 7.53. The van der Waals surface area contributed by atoms with E-state index in [-0.39, 0.29) is 5.92 Å². The molecule has 0 amide bonds. The van der Waals surface area contributed by atoms with E-state index in [0.29, 0.717) is 5.92 Å². The summed E-state index contributed by atoms with van der Waals surface area (Å²) in [5.74, 6) is 0.539. The van der Waals surface area contributed by atoms with Gasteiger partial charge in [-0.2, -0.15) is 0 Å². The number of hydrogen-bond donors (Lipinski definition) is 1. The SMILES string of the molecule is CC(C)=C1C[C@H]2c3ccccc3[C@@H]1[C@]2(C)O. The third kappa shape index (κ3) is 1.04. The molecule has 1 aromatic rings. The molecule has 3 rings (SSSR count). The second-order valence-electron chi connectivity index (χ2n) is 5.57. The molecule has 2 aliphatic carbocycles. The summed E-state index contributed by atoms with van der Waals surface area (Å²) in [4.78, 5) is 0.